The quantitative estimate of drug-likeness (QED) is 0.0199. The number of allylic oxidation sites excluding steroid dienone is 20. The second-order valence-corrected chi connectivity index (χ2v) is 17.9. The summed E-state index contributed by atoms with van der Waals surface area (Å²) in [5, 5.41) is 0. The van der Waals surface area contributed by atoms with Crippen LogP contribution in [0.2, 0.25) is 0 Å². The molecule has 6 heteroatoms. The van der Waals surface area contributed by atoms with Crippen LogP contribution in [0.5, 0.6) is 0 Å². The van der Waals surface area contributed by atoms with Crippen LogP contribution < -0.4 is 0 Å². The Morgan fingerprint density at radius 2 is 0.647 bits per heavy atom. The Bertz CT molecular complexity index is 1450. The number of hydrogen-bond acceptors (Lipinski definition) is 6. The molecule has 0 N–H and O–H groups in total. The third-order valence-corrected chi connectivity index (χ3v) is 11.4. The van der Waals surface area contributed by atoms with Gasteiger partial charge in [0.1, 0.15) is 13.2 Å². The van der Waals surface area contributed by atoms with Crippen LogP contribution in [0.4, 0.5) is 0 Å². The van der Waals surface area contributed by atoms with E-state index in [-0.39, 0.29) is 31.1 Å². The second-order valence-electron chi connectivity index (χ2n) is 17.9. The zero-order valence-electron chi connectivity index (χ0n) is 43.8. The van der Waals surface area contributed by atoms with Crippen LogP contribution in [0.15, 0.2) is 122 Å². The highest BCUT2D eigenvalue weighted by Gasteiger charge is 2.19. The molecule has 1 atom stereocenters. The Kier molecular flexibility index (Phi) is 52.0. The van der Waals surface area contributed by atoms with Crippen LogP contribution in [0, 0.1) is 0 Å². The molecule has 0 saturated heterocycles. The molecule has 0 amide bonds. The number of carbonyl (C=O) groups excluding carboxylic acids is 3. The molecule has 0 spiro atoms. The molecule has 0 bridgehead atoms. The molecule has 0 aliphatic rings. The Morgan fingerprint density at radius 3 is 1.07 bits per heavy atom. The lowest BCUT2D eigenvalue weighted by molar-refractivity contribution is -0.167. The SMILES string of the molecule is CC\C=C/C=C\C=C/C=C\C=C\C=C/CCCCCC(=O)OCC(COC(=O)CCCCC/C=C\C/C=C\C/C=C\C/C=C\CC)OC(=O)CCCCCCCCCCCCCCCCCCC. The van der Waals surface area contributed by atoms with E-state index >= 15 is 0 Å². The maximum absolute atomic E-state index is 12.9. The van der Waals surface area contributed by atoms with Crippen molar-refractivity contribution in [3.8, 4) is 0 Å². The van der Waals surface area contributed by atoms with Crippen LogP contribution in [-0.4, -0.2) is 37.2 Å². The topological polar surface area (TPSA) is 78.9 Å². The van der Waals surface area contributed by atoms with Gasteiger partial charge in [0.15, 0.2) is 6.10 Å². The summed E-state index contributed by atoms with van der Waals surface area (Å²) in [5.74, 6) is -0.983. The molecule has 0 fully saturated rings. The number of carbonyl (C=O) groups is 3. The minimum absolute atomic E-state index is 0.111. The van der Waals surface area contributed by atoms with Crippen molar-refractivity contribution in [3.05, 3.63) is 122 Å². The molecule has 68 heavy (non-hydrogen) atoms. The second kappa shape index (κ2) is 55.4. The van der Waals surface area contributed by atoms with Crippen molar-refractivity contribution in [1.29, 1.82) is 0 Å². The average Bonchev–Trinajstić information content (AvgIpc) is 3.34. The van der Waals surface area contributed by atoms with Gasteiger partial charge in [-0.2, -0.15) is 0 Å². The van der Waals surface area contributed by atoms with Gasteiger partial charge in [-0.15, -0.1) is 0 Å². The number of rotatable bonds is 48. The van der Waals surface area contributed by atoms with Gasteiger partial charge in [0, 0.05) is 19.3 Å². The fourth-order valence-electron chi connectivity index (χ4n) is 7.29. The summed E-state index contributed by atoms with van der Waals surface area (Å²) in [6.45, 7) is 6.32. The van der Waals surface area contributed by atoms with Gasteiger partial charge in [0.05, 0.1) is 0 Å². The van der Waals surface area contributed by atoms with Crippen molar-refractivity contribution in [3.63, 3.8) is 0 Å². The van der Waals surface area contributed by atoms with Crippen molar-refractivity contribution in [2.75, 3.05) is 13.2 Å². The fraction of sp³-hybridized carbons (Fsp3) is 0.629. The Balaban J connectivity index is 4.53. The van der Waals surface area contributed by atoms with Crippen molar-refractivity contribution >= 4 is 17.9 Å². The number of ether oxygens (including phenoxy) is 3. The Labute approximate surface area is 418 Å². The molecule has 0 heterocycles. The van der Waals surface area contributed by atoms with Gasteiger partial charge in [-0.25, -0.2) is 0 Å². The normalized spacial score (nSPS) is 13.0. The van der Waals surface area contributed by atoms with E-state index < -0.39 is 6.10 Å². The first-order valence-electron chi connectivity index (χ1n) is 27.6. The first-order valence-corrected chi connectivity index (χ1v) is 27.6. The lowest BCUT2D eigenvalue weighted by atomic mass is 10.0. The zero-order chi connectivity index (χ0) is 49.3. The molecule has 0 rings (SSSR count). The van der Waals surface area contributed by atoms with Crippen LogP contribution >= 0.6 is 0 Å². The van der Waals surface area contributed by atoms with Crippen LogP contribution in [0.1, 0.15) is 233 Å². The highest BCUT2D eigenvalue weighted by molar-refractivity contribution is 5.71. The fourth-order valence-corrected chi connectivity index (χ4v) is 7.29. The average molecular weight is 941 g/mol. The van der Waals surface area contributed by atoms with Crippen molar-refractivity contribution in [2.24, 2.45) is 0 Å². The lowest BCUT2D eigenvalue weighted by Crippen LogP contribution is -2.30. The zero-order valence-corrected chi connectivity index (χ0v) is 43.8. The summed E-state index contributed by atoms with van der Waals surface area (Å²) in [6.07, 6.45) is 76.1. The van der Waals surface area contributed by atoms with E-state index in [2.05, 4.69) is 81.5 Å². The molecule has 0 aliphatic heterocycles. The smallest absolute Gasteiger partial charge is 0.306 e. The molecule has 6 nitrogen and oxygen atoms in total. The summed E-state index contributed by atoms with van der Waals surface area (Å²) < 4.78 is 16.8. The van der Waals surface area contributed by atoms with Crippen molar-refractivity contribution in [1.82, 2.24) is 0 Å². The highest BCUT2D eigenvalue weighted by atomic mass is 16.6. The van der Waals surface area contributed by atoms with E-state index in [4.69, 9.17) is 14.2 Å². The van der Waals surface area contributed by atoms with E-state index in [1.165, 1.54) is 89.9 Å². The molecule has 1 unspecified atom stereocenters. The van der Waals surface area contributed by atoms with E-state index in [0.29, 0.717) is 19.3 Å². The van der Waals surface area contributed by atoms with Gasteiger partial charge in [-0.1, -0.05) is 258 Å². The molecule has 384 valence electrons. The third-order valence-electron chi connectivity index (χ3n) is 11.4. The lowest BCUT2D eigenvalue weighted by Gasteiger charge is -2.18. The van der Waals surface area contributed by atoms with Crippen LogP contribution in [0.3, 0.4) is 0 Å². The van der Waals surface area contributed by atoms with Gasteiger partial charge in [0.2, 0.25) is 0 Å². The van der Waals surface area contributed by atoms with Gasteiger partial charge < -0.3 is 14.2 Å². The molecular weight excluding hydrogens is 841 g/mol. The molecular formula is C62H100O6. The molecule has 0 aromatic heterocycles. The van der Waals surface area contributed by atoms with Gasteiger partial charge in [0.25, 0.3) is 0 Å². The number of hydrogen-bond donors (Lipinski definition) is 0. The first kappa shape index (κ1) is 63.8. The molecule has 0 aromatic rings. The summed E-state index contributed by atoms with van der Waals surface area (Å²) in [5.41, 5.74) is 0. The molecule has 0 saturated carbocycles. The standard InChI is InChI=1S/C62H100O6/c1-4-7-10-13-16-19-22-25-28-31-34-37-40-43-46-49-52-55-61(64)67-58-59(57-66-60(63)54-51-48-45-42-39-36-33-30-27-24-21-18-15-12-9-6-3)68-62(65)56-53-50-47-44-41-38-35-32-29-26-23-20-17-14-11-8-5-2/h7,9-10,12-13,16,18-19,21-22,25,27-28,30-31,34,36-37,39-40,59H,4-6,8,11,14-15,17,20,23-24,26,29,32-33,35,38,41-58H2,1-3H3/b10-7-,12-9-,16-13-,21-18-,22-19-,28-25-,30-27-,34-31+,39-36-,40-37-. The van der Waals surface area contributed by atoms with E-state index in [0.717, 1.165) is 103 Å². The first-order chi connectivity index (χ1) is 33.5. The summed E-state index contributed by atoms with van der Waals surface area (Å²) >= 11 is 0. The van der Waals surface area contributed by atoms with Gasteiger partial charge in [-0.05, 0) is 77.0 Å². The minimum Gasteiger partial charge on any atom is -0.462 e. The molecule has 0 aromatic carbocycles. The van der Waals surface area contributed by atoms with Crippen molar-refractivity contribution in [2.45, 2.75) is 239 Å². The van der Waals surface area contributed by atoms with Gasteiger partial charge >= 0.3 is 17.9 Å². The van der Waals surface area contributed by atoms with Crippen LogP contribution in [-0.2, 0) is 28.6 Å². The maximum atomic E-state index is 12.9. The Hall–Kier alpha value is -4.19. The monoisotopic (exact) mass is 941 g/mol. The van der Waals surface area contributed by atoms with Crippen molar-refractivity contribution < 1.29 is 28.6 Å². The van der Waals surface area contributed by atoms with Gasteiger partial charge in [-0.3, -0.25) is 14.4 Å². The van der Waals surface area contributed by atoms with E-state index in [9.17, 15) is 14.4 Å². The highest BCUT2D eigenvalue weighted by Crippen LogP contribution is 2.15. The maximum Gasteiger partial charge on any atom is 0.306 e. The van der Waals surface area contributed by atoms with E-state index in [1.807, 2.05) is 60.8 Å². The number of unbranched alkanes of at least 4 members (excludes halogenated alkanes) is 22. The number of esters is 3. The minimum atomic E-state index is -0.812. The van der Waals surface area contributed by atoms with E-state index in [1.54, 1.807) is 0 Å². The third kappa shape index (κ3) is 52.8. The summed E-state index contributed by atoms with van der Waals surface area (Å²) in [4.78, 5) is 38.1. The molecule has 0 radical (unpaired) electrons. The largest absolute Gasteiger partial charge is 0.462 e. The molecule has 0 aliphatic carbocycles. The summed E-state index contributed by atoms with van der Waals surface area (Å²) in [7, 11) is 0. The predicted octanol–water partition coefficient (Wildman–Crippen LogP) is 18.5. The summed E-state index contributed by atoms with van der Waals surface area (Å²) in [6, 6.07) is 0. The Morgan fingerprint density at radius 1 is 0.324 bits per heavy atom. The predicted molar refractivity (Wildman–Crippen MR) is 293 cm³/mol. The van der Waals surface area contributed by atoms with Crippen LogP contribution in [0.25, 0.3) is 0 Å².